The van der Waals surface area contributed by atoms with Crippen LogP contribution >= 0.6 is 0 Å². The summed E-state index contributed by atoms with van der Waals surface area (Å²) in [5.41, 5.74) is 3.65. The first-order valence-electron chi connectivity index (χ1n) is 10.1. The maximum atomic E-state index is 12.6. The molecule has 1 aliphatic rings. The number of halogens is 3. The molecule has 0 spiro atoms. The van der Waals surface area contributed by atoms with Crippen molar-refractivity contribution in [1.82, 2.24) is 15.5 Å². The Balaban J connectivity index is 1.27. The Morgan fingerprint density at radius 2 is 2.00 bits per heavy atom. The van der Waals surface area contributed by atoms with Gasteiger partial charge in [0.25, 0.3) is 0 Å². The number of nitrogens with one attached hydrogen (secondary N) is 1. The van der Waals surface area contributed by atoms with Gasteiger partial charge in [0.15, 0.2) is 0 Å². The summed E-state index contributed by atoms with van der Waals surface area (Å²) in [4.78, 5) is 17.7. The van der Waals surface area contributed by atoms with E-state index in [-0.39, 0.29) is 18.5 Å². The van der Waals surface area contributed by atoms with Crippen LogP contribution in [-0.4, -0.2) is 35.9 Å². The number of alkyl halides is 3. The highest BCUT2D eigenvalue weighted by atomic mass is 19.4. The van der Waals surface area contributed by atoms with Gasteiger partial charge in [-0.15, -0.1) is 0 Å². The largest absolute Gasteiger partial charge is 0.492 e. The molecule has 168 valence electrons. The first-order chi connectivity index (χ1) is 15.3. The van der Waals surface area contributed by atoms with Crippen LogP contribution in [0.3, 0.4) is 0 Å². The van der Waals surface area contributed by atoms with E-state index in [1.54, 1.807) is 17.0 Å². The molecule has 0 saturated carbocycles. The SMILES string of the molecule is Cc1ccc2c(c1)CCCN2C(=O)NCCOc1ccc(-c2noc(C(F)(F)F)n2)cc1. The number of carbonyl (C=O) groups excluding carboxylic acids is 1. The number of hydrogen-bond donors (Lipinski definition) is 1. The van der Waals surface area contributed by atoms with Crippen LogP contribution in [0.15, 0.2) is 47.0 Å². The number of carbonyl (C=O) groups is 1. The van der Waals surface area contributed by atoms with Crippen LogP contribution in [0.1, 0.15) is 23.4 Å². The fourth-order valence-electron chi connectivity index (χ4n) is 3.52. The molecule has 2 heterocycles. The molecule has 1 N–H and O–H groups in total. The molecule has 1 aliphatic heterocycles. The second-order valence-corrected chi connectivity index (χ2v) is 7.41. The maximum absolute atomic E-state index is 12.6. The molecule has 0 unspecified atom stereocenters. The monoisotopic (exact) mass is 446 g/mol. The fraction of sp³-hybridized carbons (Fsp3) is 0.318. The lowest BCUT2D eigenvalue weighted by Gasteiger charge is -2.29. The Morgan fingerprint density at radius 3 is 2.72 bits per heavy atom. The van der Waals surface area contributed by atoms with E-state index in [1.165, 1.54) is 23.3 Å². The molecular formula is C22H21F3N4O3. The number of nitrogens with zero attached hydrogens (tertiary/aromatic N) is 3. The molecule has 0 radical (unpaired) electrons. The molecule has 0 aliphatic carbocycles. The highest BCUT2D eigenvalue weighted by molar-refractivity contribution is 5.93. The van der Waals surface area contributed by atoms with E-state index in [2.05, 4.69) is 26.0 Å². The molecule has 2 amide bonds. The van der Waals surface area contributed by atoms with Crippen LogP contribution in [0, 0.1) is 6.92 Å². The molecule has 4 rings (SSSR count). The Bertz CT molecular complexity index is 1100. The lowest BCUT2D eigenvalue weighted by atomic mass is 10.00. The third kappa shape index (κ3) is 4.84. The summed E-state index contributed by atoms with van der Waals surface area (Å²) in [5, 5.41) is 6.20. The highest BCUT2D eigenvalue weighted by Crippen LogP contribution is 2.30. The minimum Gasteiger partial charge on any atom is -0.492 e. The lowest BCUT2D eigenvalue weighted by molar-refractivity contribution is -0.159. The van der Waals surface area contributed by atoms with Crippen molar-refractivity contribution in [2.75, 3.05) is 24.6 Å². The summed E-state index contributed by atoms with van der Waals surface area (Å²) in [7, 11) is 0. The van der Waals surface area contributed by atoms with Gasteiger partial charge in [-0.3, -0.25) is 4.90 Å². The minimum atomic E-state index is -4.69. The van der Waals surface area contributed by atoms with Crippen molar-refractivity contribution in [3.05, 3.63) is 59.5 Å². The number of anilines is 1. The van der Waals surface area contributed by atoms with Gasteiger partial charge in [-0.1, -0.05) is 22.9 Å². The number of amides is 2. The lowest BCUT2D eigenvalue weighted by Crippen LogP contribution is -2.44. The summed E-state index contributed by atoms with van der Waals surface area (Å²) in [6, 6.07) is 12.1. The van der Waals surface area contributed by atoms with E-state index in [0.29, 0.717) is 24.4 Å². The van der Waals surface area contributed by atoms with Crippen LogP contribution in [0.4, 0.5) is 23.7 Å². The molecule has 2 aromatic carbocycles. The highest BCUT2D eigenvalue weighted by Gasteiger charge is 2.38. The van der Waals surface area contributed by atoms with Crippen LogP contribution in [0.2, 0.25) is 0 Å². The molecule has 10 heteroatoms. The number of urea groups is 1. The Morgan fingerprint density at radius 1 is 1.22 bits per heavy atom. The summed E-state index contributed by atoms with van der Waals surface area (Å²) < 4.78 is 47.5. The third-order valence-corrected chi connectivity index (χ3v) is 5.03. The Hall–Kier alpha value is -3.56. The van der Waals surface area contributed by atoms with E-state index in [1.807, 2.05) is 19.1 Å². The van der Waals surface area contributed by atoms with Gasteiger partial charge >= 0.3 is 18.1 Å². The average Bonchev–Trinajstić information content (AvgIpc) is 3.27. The smallest absolute Gasteiger partial charge is 0.471 e. The first kappa shape index (κ1) is 21.7. The zero-order valence-corrected chi connectivity index (χ0v) is 17.3. The number of aromatic nitrogens is 2. The van der Waals surface area contributed by atoms with E-state index in [0.717, 1.165) is 18.5 Å². The molecule has 0 saturated heterocycles. The van der Waals surface area contributed by atoms with Gasteiger partial charge in [0.1, 0.15) is 12.4 Å². The molecule has 0 bridgehead atoms. The Kier molecular flexibility index (Phi) is 6.02. The summed E-state index contributed by atoms with van der Waals surface area (Å²) in [5.74, 6) is -1.05. The van der Waals surface area contributed by atoms with Crippen molar-refractivity contribution in [2.45, 2.75) is 25.9 Å². The standard InChI is InChI=1S/C22H21F3N4O3/c1-14-4-9-18-16(13-14)3-2-11-29(18)21(30)26-10-12-31-17-7-5-15(6-8-17)19-27-20(32-28-19)22(23,24)25/h4-9,13H,2-3,10-12H2,1H3,(H,26,30). The van der Waals surface area contributed by atoms with Gasteiger partial charge in [0.2, 0.25) is 5.82 Å². The maximum Gasteiger partial charge on any atom is 0.471 e. The van der Waals surface area contributed by atoms with E-state index in [9.17, 15) is 18.0 Å². The first-order valence-corrected chi connectivity index (χ1v) is 10.1. The van der Waals surface area contributed by atoms with Crippen molar-refractivity contribution in [1.29, 1.82) is 0 Å². The van der Waals surface area contributed by atoms with Gasteiger partial charge in [-0.05, 0) is 55.7 Å². The van der Waals surface area contributed by atoms with Crippen LogP contribution in [0.5, 0.6) is 5.75 Å². The zero-order valence-electron chi connectivity index (χ0n) is 17.3. The van der Waals surface area contributed by atoms with Crippen molar-refractivity contribution in [2.24, 2.45) is 0 Å². The molecule has 32 heavy (non-hydrogen) atoms. The van der Waals surface area contributed by atoms with Crippen molar-refractivity contribution in [3.63, 3.8) is 0 Å². The summed E-state index contributed by atoms with van der Waals surface area (Å²) >= 11 is 0. The van der Waals surface area contributed by atoms with Crippen LogP contribution < -0.4 is 15.0 Å². The summed E-state index contributed by atoms with van der Waals surface area (Å²) in [6.07, 6.45) is -2.81. The second kappa shape index (κ2) is 8.89. The van der Waals surface area contributed by atoms with Crippen molar-refractivity contribution >= 4 is 11.7 Å². The molecule has 7 nitrogen and oxygen atoms in total. The van der Waals surface area contributed by atoms with E-state index >= 15 is 0 Å². The predicted molar refractivity (Wildman–Crippen MR) is 110 cm³/mol. The number of aryl methyl sites for hydroxylation is 2. The normalized spacial score (nSPS) is 13.6. The van der Waals surface area contributed by atoms with Crippen molar-refractivity contribution < 1.29 is 27.2 Å². The van der Waals surface area contributed by atoms with Crippen LogP contribution in [-0.2, 0) is 12.6 Å². The van der Waals surface area contributed by atoms with Crippen LogP contribution in [0.25, 0.3) is 11.4 Å². The Labute approximate surface area is 182 Å². The minimum absolute atomic E-state index is 0.159. The van der Waals surface area contributed by atoms with E-state index in [4.69, 9.17) is 4.74 Å². The average molecular weight is 446 g/mol. The number of rotatable bonds is 5. The molecule has 3 aromatic rings. The van der Waals surface area contributed by atoms with Crippen molar-refractivity contribution in [3.8, 4) is 17.1 Å². The number of hydrogen-bond acceptors (Lipinski definition) is 5. The van der Waals surface area contributed by atoms with Gasteiger partial charge in [0, 0.05) is 17.8 Å². The summed E-state index contributed by atoms with van der Waals surface area (Å²) in [6.45, 7) is 3.24. The third-order valence-electron chi connectivity index (χ3n) is 5.03. The van der Waals surface area contributed by atoms with Gasteiger partial charge in [-0.2, -0.15) is 18.2 Å². The van der Waals surface area contributed by atoms with Gasteiger partial charge in [0.05, 0.1) is 6.54 Å². The molecular weight excluding hydrogens is 425 g/mol. The quantitative estimate of drug-likeness (QED) is 0.579. The molecule has 0 atom stereocenters. The number of ether oxygens (including phenoxy) is 1. The zero-order chi connectivity index (χ0) is 22.7. The number of benzene rings is 2. The van der Waals surface area contributed by atoms with Gasteiger partial charge < -0.3 is 14.6 Å². The number of fused-ring (bicyclic) bond motifs is 1. The topological polar surface area (TPSA) is 80.5 Å². The predicted octanol–water partition coefficient (Wildman–Crippen LogP) is 4.61. The van der Waals surface area contributed by atoms with Gasteiger partial charge in [-0.25, -0.2) is 4.79 Å². The second-order valence-electron chi connectivity index (χ2n) is 7.41. The fourth-order valence-corrected chi connectivity index (χ4v) is 3.52. The van der Waals surface area contributed by atoms with E-state index < -0.39 is 12.1 Å². The molecule has 1 aromatic heterocycles. The molecule has 0 fully saturated rings.